The Morgan fingerprint density at radius 2 is 2.11 bits per heavy atom. The van der Waals surface area contributed by atoms with Gasteiger partial charge in [-0.2, -0.15) is 0 Å². The van der Waals surface area contributed by atoms with Crippen molar-refractivity contribution in [3.63, 3.8) is 0 Å². The molecule has 2 rings (SSSR count). The molecule has 1 aliphatic rings. The van der Waals surface area contributed by atoms with E-state index in [0.717, 1.165) is 4.47 Å². The first kappa shape index (κ1) is 13.8. The Kier molecular flexibility index (Phi) is 4.27. The molecule has 0 spiro atoms. The van der Waals surface area contributed by atoms with Gasteiger partial charge in [0.15, 0.2) is 0 Å². The average molecular weight is 334 g/mol. The van der Waals surface area contributed by atoms with Crippen LogP contribution in [0.5, 0.6) is 0 Å². The van der Waals surface area contributed by atoms with E-state index in [9.17, 15) is 4.79 Å². The number of carbonyl (C=O) groups excluding carboxylic acids is 1. The van der Waals surface area contributed by atoms with E-state index in [0.29, 0.717) is 36.8 Å². The molecular weight excluding hydrogens is 320 g/mol. The highest BCUT2D eigenvalue weighted by molar-refractivity contribution is 9.10. The topological polar surface area (TPSA) is 64.4 Å². The van der Waals surface area contributed by atoms with Gasteiger partial charge in [-0.25, -0.2) is 0 Å². The summed E-state index contributed by atoms with van der Waals surface area (Å²) in [6, 6.07) is 5.21. The van der Waals surface area contributed by atoms with Gasteiger partial charge >= 0.3 is 0 Å². The van der Waals surface area contributed by atoms with Crippen LogP contribution in [0.2, 0.25) is 5.02 Å². The van der Waals surface area contributed by atoms with Gasteiger partial charge in [0.2, 0.25) is 5.91 Å². The Hall–Kier alpha value is -0.620. The van der Waals surface area contributed by atoms with Crippen molar-refractivity contribution in [1.82, 2.24) is 0 Å². The van der Waals surface area contributed by atoms with Gasteiger partial charge in [-0.1, -0.05) is 11.6 Å². The minimum absolute atomic E-state index is 0.181. The Bertz CT molecular complexity index is 461. The Labute approximate surface area is 119 Å². The van der Waals surface area contributed by atoms with Crippen molar-refractivity contribution in [2.75, 3.05) is 18.5 Å². The number of nitrogens with one attached hydrogen (secondary N) is 1. The van der Waals surface area contributed by atoms with Crippen molar-refractivity contribution in [2.45, 2.75) is 18.4 Å². The molecule has 18 heavy (non-hydrogen) atoms. The third-order valence-corrected chi connectivity index (χ3v) is 4.23. The number of amides is 1. The van der Waals surface area contributed by atoms with E-state index in [1.165, 1.54) is 0 Å². The number of hydrogen-bond acceptors (Lipinski definition) is 3. The Morgan fingerprint density at radius 1 is 1.44 bits per heavy atom. The van der Waals surface area contributed by atoms with Gasteiger partial charge in [-0.3, -0.25) is 4.79 Å². The molecule has 1 aromatic rings. The van der Waals surface area contributed by atoms with Crippen LogP contribution in [0, 0.1) is 0 Å². The van der Waals surface area contributed by atoms with E-state index in [4.69, 9.17) is 22.1 Å². The van der Waals surface area contributed by atoms with Crippen LogP contribution >= 0.6 is 27.5 Å². The number of carbonyl (C=O) groups is 1. The summed E-state index contributed by atoms with van der Waals surface area (Å²) in [5, 5.41) is 3.41. The first-order chi connectivity index (χ1) is 8.51. The summed E-state index contributed by atoms with van der Waals surface area (Å²) in [6.07, 6.45) is 1.07. The Morgan fingerprint density at radius 3 is 2.72 bits per heavy atom. The van der Waals surface area contributed by atoms with E-state index in [1.807, 2.05) is 0 Å². The fourth-order valence-corrected chi connectivity index (χ4v) is 2.29. The minimum atomic E-state index is -0.843. The van der Waals surface area contributed by atoms with Gasteiger partial charge in [-0.05, 0) is 47.0 Å². The lowest BCUT2D eigenvalue weighted by Crippen LogP contribution is -2.54. The second-order valence-electron chi connectivity index (χ2n) is 4.35. The third-order valence-electron chi connectivity index (χ3n) is 3.01. The maximum absolute atomic E-state index is 12.1. The minimum Gasteiger partial charge on any atom is -0.381 e. The molecule has 0 aliphatic carbocycles. The lowest BCUT2D eigenvalue weighted by Gasteiger charge is -2.31. The molecule has 3 N–H and O–H groups in total. The summed E-state index contributed by atoms with van der Waals surface area (Å²) in [7, 11) is 0. The smallest absolute Gasteiger partial charge is 0.244 e. The van der Waals surface area contributed by atoms with E-state index in [2.05, 4.69) is 21.2 Å². The molecule has 1 amide bonds. The first-order valence-electron chi connectivity index (χ1n) is 5.64. The monoisotopic (exact) mass is 332 g/mol. The van der Waals surface area contributed by atoms with Crippen molar-refractivity contribution < 1.29 is 9.53 Å². The highest BCUT2D eigenvalue weighted by atomic mass is 79.9. The van der Waals surface area contributed by atoms with Crippen LogP contribution in [0.15, 0.2) is 22.7 Å². The van der Waals surface area contributed by atoms with Crippen LogP contribution in [0.3, 0.4) is 0 Å². The van der Waals surface area contributed by atoms with Crippen LogP contribution in [-0.4, -0.2) is 24.7 Å². The molecule has 1 aliphatic heterocycles. The van der Waals surface area contributed by atoms with E-state index >= 15 is 0 Å². The second-order valence-corrected chi connectivity index (χ2v) is 5.61. The molecule has 0 saturated carbocycles. The average Bonchev–Trinajstić information content (AvgIpc) is 2.35. The molecule has 0 unspecified atom stereocenters. The number of halogens is 2. The van der Waals surface area contributed by atoms with E-state index < -0.39 is 5.54 Å². The maximum atomic E-state index is 12.1. The van der Waals surface area contributed by atoms with Gasteiger partial charge < -0.3 is 15.8 Å². The van der Waals surface area contributed by atoms with Crippen molar-refractivity contribution in [1.29, 1.82) is 0 Å². The van der Waals surface area contributed by atoms with Gasteiger partial charge in [0.25, 0.3) is 0 Å². The van der Waals surface area contributed by atoms with Crippen LogP contribution in [0.25, 0.3) is 0 Å². The summed E-state index contributed by atoms with van der Waals surface area (Å²) in [4.78, 5) is 12.1. The zero-order chi connectivity index (χ0) is 13.2. The quantitative estimate of drug-likeness (QED) is 0.874. The number of anilines is 1. The van der Waals surface area contributed by atoms with Crippen LogP contribution in [-0.2, 0) is 9.53 Å². The number of nitrogens with two attached hydrogens (primary N) is 1. The Balaban J connectivity index is 2.08. The molecule has 1 saturated heterocycles. The highest BCUT2D eigenvalue weighted by Crippen LogP contribution is 2.26. The molecule has 1 aromatic carbocycles. The summed E-state index contributed by atoms with van der Waals surface area (Å²) in [6.45, 7) is 1.04. The normalized spacial score (nSPS) is 18.4. The predicted molar refractivity (Wildman–Crippen MR) is 74.8 cm³/mol. The lowest BCUT2D eigenvalue weighted by atomic mass is 9.90. The molecule has 0 atom stereocenters. The fourth-order valence-electron chi connectivity index (χ4n) is 1.79. The number of rotatable bonds is 2. The van der Waals surface area contributed by atoms with Gasteiger partial charge in [0.05, 0.1) is 5.02 Å². The molecule has 98 valence electrons. The van der Waals surface area contributed by atoms with Crippen molar-refractivity contribution in [3.8, 4) is 0 Å². The summed E-state index contributed by atoms with van der Waals surface area (Å²) in [5.41, 5.74) is 5.92. The highest BCUT2D eigenvalue weighted by Gasteiger charge is 2.35. The molecule has 4 nitrogen and oxygen atoms in total. The fraction of sp³-hybridized carbons (Fsp3) is 0.417. The van der Waals surface area contributed by atoms with Crippen LogP contribution in [0.4, 0.5) is 5.69 Å². The van der Waals surface area contributed by atoms with Crippen molar-refractivity contribution in [2.24, 2.45) is 5.73 Å². The zero-order valence-electron chi connectivity index (χ0n) is 9.71. The summed E-state index contributed by atoms with van der Waals surface area (Å²) in [5.74, 6) is -0.181. The molecular formula is C12H14BrClN2O2. The van der Waals surface area contributed by atoms with Gasteiger partial charge in [0.1, 0.15) is 5.54 Å². The van der Waals surface area contributed by atoms with Crippen molar-refractivity contribution >= 4 is 39.1 Å². The SMILES string of the molecule is NC1(C(=O)Nc2ccc(Cl)c(Br)c2)CCOCC1. The second kappa shape index (κ2) is 5.57. The molecule has 1 heterocycles. The molecule has 0 radical (unpaired) electrons. The standard InChI is InChI=1S/C12H14BrClN2O2/c13-9-7-8(1-2-10(9)14)16-11(17)12(15)3-5-18-6-4-12/h1-2,7H,3-6,15H2,(H,16,17). The van der Waals surface area contributed by atoms with Gasteiger partial charge in [0, 0.05) is 23.4 Å². The zero-order valence-corrected chi connectivity index (χ0v) is 12.1. The van der Waals surface area contributed by atoms with Crippen LogP contribution < -0.4 is 11.1 Å². The summed E-state index contributed by atoms with van der Waals surface area (Å²) >= 11 is 9.20. The third kappa shape index (κ3) is 3.03. The lowest BCUT2D eigenvalue weighted by molar-refractivity contribution is -0.124. The van der Waals surface area contributed by atoms with E-state index in [1.54, 1.807) is 18.2 Å². The number of hydrogen-bond donors (Lipinski definition) is 2. The first-order valence-corrected chi connectivity index (χ1v) is 6.81. The molecule has 1 fully saturated rings. The van der Waals surface area contributed by atoms with Gasteiger partial charge in [-0.15, -0.1) is 0 Å². The number of benzene rings is 1. The number of ether oxygens (including phenoxy) is 1. The van der Waals surface area contributed by atoms with Crippen LogP contribution in [0.1, 0.15) is 12.8 Å². The van der Waals surface area contributed by atoms with Crippen molar-refractivity contribution in [3.05, 3.63) is 27.7 Å². The summed E-state index contributed by atoms with van der Waals surface area (Å²) < 4.78 is 5.95. The maximum Gasteiger partial charge on any atom is 0.244 e. The largest absolute Gasteiger partial charge is 0.381 e. The molecule has 6 heteroatoms. The molecule has 0 bridgehead atoms. The van der Waals surface area contributed by atoms with E-state index in [-0.39, 0.29) is 5.91 Å². The molecule has 0 aromatic heterocycles. The predicted octanol–water partition coefficient (Wildman–Crippen LogP) is 2.55.